The van der Waals surface area contributed by atoms with E-state index in [9.17, 15) is 29.1 Å². The van der Waals surface area contributed by atoms with Crippen LogP contribution in [0.15, 0.2) is 4.99 Å². The van der Waals surface area contributed by atoms with Crippen molar-refractivity contribution in [2.75, 3.05) is 6.54 Å². The number of amides is 4. The molecule has 0 bridgehead atoms. The van der Waals surface area contributed by atoms with Crippen molar-refractivity contribution in [2.45, 2.75) is 63.4 Å². The third-order valence-electron chi connectivity index (χ3n) is 4.08. The van der Waals surface area contributed by atoms with Gasteiger partial charge in [0.15, 0.2) is 12.0 Å². The van der Waals surface area contributed by atoms with Gasteiger partial charge in [-0.15, -0.1) is 0 Å². The van der Waals surface area contributed by atoms with Gasteiger partial charge in [-0.2, -0.15) is 0 Å². The van der Waals surface area contributed by atoms with Gasteiger partial charge in [-0.25, -0.2) is 4.79 Å². The highest BCUT2D eigenvalue weighted by Crippen LogP contribution is 2.04. The Kier molecular flexibility index (Phi) is 12.3. The smallest absolute Gasteiger partial charge is 0.328 e. The fourth-order valence-electron chi connectivity index (χ4n) is 2.40. The number of carboxylic acid groups (broad SMARTS) is 1. The van der Waals surface area contributed by atoms with Gasteiger partial charge in [0.25, 0.3) is 0 Å². The number of guanidine groups is 1. The number of aliphatic hydroxyl groups is 1. The summed E-state index contributed by atoms with van der Waals surface area (Å²) in [7, 11) is 0. The van der Waals surface area contributed by atoms with Crippen molar-refractivity contribution in [3.63, 3.8) is 0 Å². The van der Waals surface area contributed by atoms with E-state index in [-0.39, 0.29) is 25.3 Å². The lowest BCUT2D eigenvalue weighted by atomic mass is 10.1. The molecule has 0 radical (unpaired) electrons. The van der Waals surface area contributed by atoms with Crippen molar-refractivity contribution in [3.8, 4) is 0 Å². The van der Waals surface area contributed by atoms with Gasteiger partial charge in [0.2, 0.25) is 23.6 Å². The van der Waals surface area contributed by atoms with Crippen molar-refractivity contribution in [3.05, 3.63) is 0 Å². The number of hydrogen-bond acceptors (Lipinski definition) is 8. The molecule has 0 aromatic heterocycles. The zero-order chi connectivity index (χ0) is 25.0. The second-order valence-electron chi connectivity index (χ2n) is 7.10. The molecule has 0 spiro atoms. The summed E-state index contributed by atoms with van der Waals surface area (Å²) < 4.78 is 0. The second-order valence-corrected chi connectivity index (χ2v) is 7.10. The Balaban J connectivity index is 5.55. The number of carbonyl (C=O) groups excluding carboxylic acids is 4. The first kappa shape index (κ1) is 28.5. The summed E-state index contributed by atoms with van der Waals surface area (Å²) in [5, 5.41) is 25.4. The van der Waals surface area contributed by atoms with Crippen LogP contribution in [0.3, 0.4) is 0 Å². The van der Waals surface area contributed by atoms with Crippen molar-refractivity contribution in [2.24, 2.45) is 27.9 Å². The average molecular weight is 460 g/mol. The number of carbonyl (C=O) groups is 5. The normalized spacial score (nSPS) is 15.2. The molecule has 0 aliphatic carbocycles. The predicted octanol–water partition coefficient (Wildman–Crippen LogP) is -4.82. The van der Waals surface area contributed by atoms with Crippen LogP contribution >= 0.6 is 0 Å². The predicted molar refractivity (Wildman–Crippen MR) is 112 cm³/mol. The third-order valence-corrected chi connectivity index (χ3v) is 4.08. The van der Waals surface area contributed by atoms with E-state index in [1.807, 2.05) is 0 Å². The molecule has 0 aromatic carbocycles. The fraction of sp³-hybridized carbons (Fsp3) is 0.647. The molecule has 0 aromatic rings. The van der Waals surface area contributed by atoms with Gasteiger partial charge >= 0.3 is 5.97 Å². The SMILES string of the molecule is CC(N)C(=O)NC(CC(N)=O)C(=O)NC(CCCN=C(N)N)C(=O)NC(C(=O)O)C(C)O. The lowest BCUT2D eigenvalue weighted by Crippen LogP contribution is -2.58. The van der Waals surface area contributed by atoms with Gasteiger partial charge in [-0.1, -0.05) is 0 Å². The standard InChI is InChI=1S/C17H32N8O7/c1-7(18)13(28)24-10(6-11(19)27)15(30)23-9(4-3-5-22-17(20)21)14(29)25-12(8(2)26)16(31)32/h7-10,12,26H,3-6,18H2,1-2H3,(H2,19,27)(H,23,30)(H,24,28)(H,25,29)(H,31,32)(H4,20,21,22). The monoisotopic (exact) mass is 460 g/mol. The van der Waals surface area contributed by atoms with Crippen LogP contribution in [0.4, 0.5) is 0 Å². The minimum atomic E-state index is -1.64. The summed E-state index contributed by atoms with van der Waals surface area (Å²) in [5.41, 5.74) is 21.0. The maximum absolute atomic E-state index is 12.7. The van der Waals surface area contributed by atoms with Crippen LogP contribution in [0, 0.1) is 0 Å². The van der Waals surface area contributed by atoms with Crippen LogP contribution in [-0.4, -0.2) is 82.6 Å². The molecule has 0 aliphatic heterocycles. The lowest BCUT2D eigenvalue weighted by Gasteiger charge is -2.25. The van der Waals surface area contributed by atoms with E-state index in [0.717, 1.165) is 6.92 Å². The quantitative estimate of drug-likeness (QED) is 0.0677. The number of aliphatic hydroxyl groups excluding tert-OH is 1. The summed E-state index contributed by atoms with van der Waals surface area (Å²) >= 11 is 0. The van der Waals surface area contributed by atoms with Gasteiger partial charge in [0.05, 0.1) is 18.6 Å². The van der Waals surface area contributed by atoms with Gasteiger partial charge in [0, 0.05) is 6.54 Å². The number of hydrogen-bond donors (Lipinski definition) is 9. The number of primary amides is 1. The Morgan fingerprint density at radius 2 is 1.44 bits per heavy atom. The lowest BCUT2D eigenvalue weighted by molar-refractivity contribution is -0.145. The molecule has 5 unspecified atom stereocenters. The van der Waals surface area contributed by atoms with Crippen LogP contribution in [-0.2, 0) is 24.0 Å². The molecule has 182 valence electrons. The maximum Gasteiger partial charge on any atom is 0.328 e. The van der Waals surface area contributed by atoms with Crippen molar-refractivity contribution < 1.29 is 34.2 Å². The molecule has 0 saturated carbocycles. The Labute approximate surface area is 184 Å². The molecular weight excluding hydrogens is 428 g/mol. The minimum absolute atomic E-state index is 0.0367. The number of carboxylic acids is 1. The number of aliphatic carboxylic acids is 1. The fourth-order valence-corrected chi connectivity index (χ4v) is 2.40. The molecule has 15 heteroatoms. The van der Waals surface area contributed by atoms with Gasteiger partial charge < -0.3 is 49.1 Å². The molecular formula is C17H32N8O7. The van der Waals surface area contributed by atoms with E-state index in [1.54, 1.807) is 0 Å². The number of aliphatic imine (C=N–C) groups is 1. The van der Waals surface area contributed by atoms with Gasteiger partial charge in [0.1, 0.15) is 12.1 Å². The van der Waals surface area contributed by atoms with E-state index in [2.05, 4.69) is 20.9 Å². The summed E-state index contributed by atoms with van der Waals surface area (Å²) in [4.78, 5) is 63.4. The number of nitrogens with zero attached hydrogens (tertiary/aromatic N) is 1. The average Bonchev–Trinajstić information content (AvgIpc) is 2.66. The maximum atomic E-state index is 12.7. The number of nitrogens with one attached hydrogen (secondary N) is 3. The van der Waals surface area contributed by atoms with Crippen LogP contribution in [0.2, 0.25) is 0 Å². The molecule has 0 heterocycles. The van der Waals surface area contributed by atoms with E-state index >= 15 is 0 Å². The molecule has 0 aliphatic rings. The summed E-state index contributed by atoms with van der Waals surface area (Å²) in [6.45, 7) is 2.63. The highest BCUT2D eigenvalue weighted by Gasteiger charge is 2.31. The van der Waals surface area contributed by atoms with E-state index < -0.39 is 66.3 Å². The van der Waals surface area contributed by atoms with Crippen molar-refractivity contribution in [1.29, 1.82) is 0 Å². The van der Waals surface area contributed by atoms with Crippen LogP contribution < -0.4 is 38.9 Å². The van der Waals surface area contributed by atoms with Crippen LogP contribution in [0.1, 0.15) is 33.1 Å². The second kappa shape index (κ2) is 13.8. The molecule has 13 N–H and O–H groups in total. The summed E-state index contributed by atoms with van der Waals surface area (Å²) in [6, 6.07) is -5.36. The van der Waals surface area contributed by atoms with Gasteiger partial charge in [-0.05, 0) is 26.7 Å². The van der Waals surface area contributed by atoms with E-state index in [0.29, 0.717) is 0 Å². The van der Waals surface area contributed by atoms with Crippen molar-refractivity contribution >= 4 is 35.6 Å². The molecule has 4 amide bonds. The Hall–Kier alpha value is -3.46. The molecule has 15 nitrogen and oxygen atoms in total. The molecule has 0 rings (SSSR count). The highest BCUT2D eigenvalue weighted by molar-refractivity contribution is 5.96. The first-order valence-corrected chi connectivity index (χ1v) is 9.67. The first-order valence-electron chi connectivity index (χ1n) is 9.67. The Morgan fingerprint density at radius 1 is 0.906 bits per heavy atom. The third kappa shape index (κ3) is 11.1. The van der Waals surface area contributed by atoms with Crippen LogP contribution in [0.25, 0.3) is 0 Å². The topological polar surface area (TPSA) is 278 Å². The highest BCUT2D eigenvalue weighted by atomic mass is 16.4. The largest absolute Gasteiger partial charge is 0.480 e. The zero-order valence-corrected chi connectivity index (χ0v) is 17.9. The summed E-state index contributed by atoms with van der Waals surface area (Å²) in [6.07, 6.45) is -1.83. The number of rotatable bonds is 14. The van der Waals surface area contributed by atoms with E-state index in [1.165, 1.54) is 6.92 Å². The molecule has 32 heavy (non-hydrogen) atoms. The zero-order valence-electron chi connectivity index (χ0n) is 17.9. The Morgan fingerprint density at radius 3 is 1.88 bits per heavy atom. The van der Waals surface area contributed by atoms with Crippen molar-refractivity contribution in [1.82, 2.24) is 16.0 Å². The number of nitrogens with two attached hydrogens (primary N) is 4. The first-order chi connectivity index (χ1) is 14.8. The van der Waals surface area contributed by atoms with Gasteiger partial charge in [-0.3, -0.25) is 24.2 Å². The molecule has 5 atom stereocenters. The molecule has 0 fully saturated rings. The molecule has 0 saturated heterocycles. The summed E-state index contributed by atoms with van der Waals surface area (Å²) in [5.74, 6) is -5.16. The minimum Gasteiger partial charge on any atom is -0.480 e. The Bertz CT molecular complexity index is 722. The van der Waals surface area contributed by atoms with Crippen LogP contribution in [0.5, 0.6) is 0 Å². The van der Waals surface area contributed by atoms with E-state index in [4.69, 9.17) is 28.0 Å².